The van der Waals surface area contributed by atoms with Gasteiger partial charge in [-0.25, -0.2) is 4.39 Å². The van der Waals surface area contributed by atoms with Crippen molar-refractivity contribution in [1.82, 2.24) is 4.90 Å². The third-order valence-electron chi connectivity index (χ3n) is 4.45. The highest BCUT2D eigenvalue weighted by molar-refractivity contribution is 5.87. The van der Waals surface area contributed by atoms with Gasteiger partial charge in [-0.15, -0.1) is 0 Å². The summed E-state index contributed by atoms with van der Waals surface area (Å²) in [4.78, 5) is 6.94. The van der Waals surface area contributed by atoms with Crippen LogP contribution in [0, 0.1) is 11.2 Å². The second-order valence-electron chi connectivity index (χ2n) is 7.88. The maximum Gasteiger partial charge on any atom is 0.146 e. The Bertz CT molecular complexity index is 528. The Hall–Kier alpha value is -1.42. The zero-order valence-corrected chi connectivity index (χ0v) is 15.4. The minimum Gasteiger partial charge on any atom is -0.381 e. The van der Waals surface area contributed by atoms with Gasteiger partial charge in [0.25, 0.3) is 0 Å². The Morgan fingerprint density at radius 1 is 1.21 bits per heavy atom. The van der Waals surface area contributed by atoms with Crippen molar-refractivity contribution in [2.45, 2.75) is 46.5 Å². The molecule has 1 aromatic rings. The summed E-state index contributed by atoms with van der Waals surface area (Å²) in [5.41, 5.74) is 1.69. The molecule has 1 heterocycles. The van der Waals surface area contributed by atoms with E-state index in [0.717, 1.165) is 31.6 Å². The number of nitrogens with one attached hydrogen (secondary N) is 1. The first kappa shape index (κ1) is 18.9. The van der Waals surface area contributed by atoms with E-state index in [9.17, 15) is 4.39 Å². The van der Waals surface area contributed by atoms with Crippen LogP contribution in [0.5, 0.6) is 0 Å². The fraction of sp³-hybridized carbons (Fsp3) is 0.650. The molecular formula is C20H32FN3. The van der Waals surface area contributed by atoms with Crippen molar-refractivity contribution in [2.24, 2.45) is 10.4 Å². The van der Waals surface area contributed by atoms with Crippen LogP contribution in [-0.2, 0) is 0 Å². The van der Waals surface area contributed by atoms with Gasteiger partial charge in [-0.3, -0.25) is 4.99 Å². The first-order chi connectivity index (χ1) is 11.5. The van der Waals surface area contributed by atoms with E-state index in [1.807, 2.05) is 6.07 Å². The fourth-order valence-electron chi connectivity index (χ4n) is 2.92. The van der Waals surface area contributed by atoms with Gasteiger partial charge in [0, 0.05) is 31.4 Å². The van der Waals surface area contributed by atoms with Crippen LogP contribution in [0.2, 0.25) is 0 Å². The standard InChI is InChI=1S/C20H32FN3/c1-20(2,3)10-11-22-16-17-8-7-9-18(21)19(17)23-12-15-24-13-5-4-6-14-24/h7-9,16,23H,4-6,10-15H2,1-3H3. The molecule has 1 aliphatic rings. The minimum absolute atomic E-state index is 0.201. The van der Waals surface area contributed by atoms with E-state index >= 15 is 0 Å². The van der Waals surface area contributed by atoms with E-state index in [0.29, 0.717) is 5.69 Å². The molecular weight excluding hydrogens is 301 g/mol. The predicted octanol–water partition coefficient (Wildman–Crippen LogP) is 4.58. The lowest BCUT2D eigenvalue weighted by Crippen LogP contribution is -2.33. The molecule has 134 valence electrons. The van der Waals surface area contributed by atoms with Crippen molar-refractivity contribution in [3.63, 3.8) is 0 Å². The van der Waals surface area contributed by atoms with Gasteiger partial charge in [0.2, 0.25) is 0 Å². The molecule has 2 rings (SSSR count). The molecule has 0 saturated carbocycles. The largest absolute Gasteiger partial charge is 0.381 e. The monoisotopic (exact) mass is 333 g/mol. The number of hydrogen-bond acceptors (Lipinski definition) is 3. The van der Waals surface area contributed by atoms with Gasteiger partial charge in [-0.2, -0.15) is 0 Å². The highest BCUT2D eigenvalue weighted by Crippen LogP contribution is 2.20. The number of aliphatic imine (C=N–C) groups is 1. The summed E-state index contributed by atoms with van der Waals surface area (Å²) in [5, 5.41) is 3.28. The van der Waals surface area contributed by atoms with E-state index in [-0.39, 0.29) is 11.2 Å². The number of halogens is 1. The van der Waals surface area contributed by atoms with Gasteiger partial charge in [-0.1, -0.05) is 39.3 Å². The summed E-state index contributed by atoms with van der Waals surface area (Å²) in [6.07, 6.45) is 6.73. The van der Waals surface area contributed by atoms with Crippen molar-refractivity contribution in [3.05, 3.63) is 29.6 Å². The number of hydrogen-bond donors (Lipinski definition) is 1. The van der Waals surface area contributed by atoms with Gasteiger partial charge < -0.3 is 10.2 Å². The zero-order chi connectivity index (χ0) is 17.4. The van der Waals surface area contributed by atoms with Gasteiger partial charge in [-0.05, 0) is 43.8 Å². The molecule has 0 aliphatic carbocycles. The van der Waals surface area contributed by atoms with Crippen LogP contribution < -0.4 is 5.32 Å². The molecule has 4 heteroatoms. The molecule has 1 aromatic carbocycles. The lowest BCUT2D eigenvalue weighted by molar-refractivity contribution is 0.237. The summed E-state index contributed by atoms with van der Waals surface area (Å²) in [5.74, 6) is -0.201. The highest BCUT2D eigenvalue weighted by Gasteiger charge is 2.11. The lowest BCUT2D eigenvalue weighted by atomic mass is 9.92. The molecule has 0 amide bonds. The van der Waals surface area contributed by atoms with Crippen LogP contribution in [0.1, 0.15) is 52.0 Å². The first-order valence-corrected chi connectivity index (χ1v) is 9.20. The molecule has 0 aromatic heterocycles. The number of benzene rings is 1. The summed E-state index contributed by atoms with van der Waals surface area (Å²) < 4.78 is 14.2. The first-order valence-electron chi connectivity index (χ1n) is 9.20. The number of piperidine rings is 1. The Morgan fingerprint density at radius 3 is 2.67 bits per heavy atom. The normalized spacial score (nSPS) is 16.7. The van der Waals surface area contributed by atoms with Crippen LogP contribution in [0.4, 0.5) is 10.1 Å². The molecule has 0 unspecified atom stereocenters. The van der Waals surface area contributed by atoms with E-state index in [1.165, 1.54) is 38.4 Å². The second kappa shape index (κ2) is 9.16. The third kappa shape index (κ3) is 6.60. The quantitative estimate of drug-likeness (QED) is 0.740. The fourth-order valence-corrected chi connectivity index (χ4v) is 2.92. The molecule has 0 atom stereocenters. The maximum atomic E-state index is 14.2. The molecule has 3 nitrogen and oxygen atoms in total. The molecule has 0 spiro atoms. The van der Waals surface area contributed by atoms with E-state index < -0.39 is 0 Å². The van der Waals surface area contributed by atoms with Crippen LogP contribution in [-0.4, -0.2) is 43.8 Å². The zero-order valence-electron chi connectivity index (χ0n) is 15.4. The van der Waals surface area contributed by atoms with Crippen molar-refractivity contribution >= 4 is 11.9 Å². The van der Waals surface area contributed by atoms with Crippen LogP contribution in [0.25, 0.3) is 0 Å². The van der Waals surface area contributed by atoms with Gasteiger partial charge in [0.1, 0.15) is 5.82 Å². The van der Waals surface area contributed by atoms with Crippen molar-refractivity contribution in [3.8, 4) is 0 Å². The number of nitrogens with zero attached hydrogens (tertiary/aromatic N) is 2. The van der Waals surface area contributed by atoms with E-state index in [1.54, 1.807) is 12.3 Å². The maximum absolute atomic E-state index is 14.2. The van der Waals surface area contributed by atoms with Crippen LogP contribution in [0.15, 0.2) is 23.2 Å². The molecule has 1 aliphatic heterocycles. The van der Waals surface area contributed by atoms with Gasteiger partial charge in [0.05, 0.1) is 5.69 Å². The highest BCUT2D eigenvalue weighted by atomic mass is 19.1. The summed E-state index contributed by atoms with van der Waals surface area (Å²) in [6, 6.07) is 5.18. The van der Waals surface area contributed by atoms with Crippen LogP contribution in [0.3, 0.4) is 0 Å². The molecule has 1 saturated heterocycles. The average molecular weight is 333 g/mol. The summed E-state index contributed by atoms with van der Waals surface area (Å²) in [6.45, 7) is 11.5. The molecule has 0 radical (unpaired) electrons. The van der Waals surface area contributed by atoms with Crippen molar-refractivity contribution < 1.29 is 4.39 Å². The van der Waals surface area contributed by atoms with Crippen LogP contribution >= 0.6 is 0 Å². The minimum atomic E-state index is -0.201. The summed E-state index contributed by atoms with van der Waals surface area (Å²) >= 11 is 0. The second-order valence-corrected chi connectivity index (χ2v) is 7.88. The predicted molar refractivity (Wildman–Crippen MR) is 102 cm³/mol. The topological polar surface area (TPSA) is 27.6 Å². The number of rotatable bonds is 7. The smallest absolute Gasteiger partial charge is 0.146 e. The van der Waals surface area contributed by atoms with E-state index in [4.69, 9.17) is 0 Å². The molecule has 0 bridgehead atoms. The van der Waals surface area contributed by atoms with Gasteiger partial charge >= 0.3 is 0 Å². The van der Waals surface area contributed by atoms with Gasteiger partial charge in [0.15, 0.2) is 0 Å². The average Bonchev–Trinajstić information content (AvgIpc) is 2.54. The molecule has 1 fully saturated rings. The van der Waals surface area contributed by atoms with Crippen molar-refractivity contribution in [2.75, 3.05) is 38.0 Å². The number of para-hydroxylation sites is 1. The Morgan fingerprint density at radius 2 is 1.96 bits per heavy atom. The third-order valence-corrected chi connectivity index (χ3v) is 4.45. The van der Waals surface area contributed by atoms with E-state index in [2.05, 4.69) is 36.0 Å². The van der Waals surface area contributed by atoms with Crippen molar-refractivity contribution in [1.29, 1.82) is 0 Å². The molecule has 24 heavy (non-hydrogen) atoms. The Balaban J connectivity index is 1.89. The SMILES string of the molecule is CC(C)(C)CCN=Cc1cccc(F)c1NCCN1CCCCC1. The lowest BCUT2D eigenvalue weighted by Gasteiger charge is -2.26. The number of anilines is 1. The summed E-state index contributed by atoms with van der Waals surface area (Å²) in [7, 11) is 0. The Labute approximate surface area is 146 Å². The molecule has 1 N–H and O–H groups in total. The Kier molecular flexibility index (Phi) is 7.22. The number of likely N-dealkylation sites (tertiary alicyclic amines) is 1.